The highest BCUT2D eigenvalue weighted by Crippen LogP contribution is 2.00. The van der Waals surface area contributed by atoms with Crippen molar-refractivity contribution >= 4 is 17.8 Å². The van der Waals surface area contributed by atoms with Crippen molar-refractivity contribution < 1.29 is 19.5 Å². The van der Waals surface area contributed by atoms with Crippen LogP contribution in [-0.4, -0.2) is 49.1 Å². The highest BCUT2D eigenvalue weighted by Gasteiger charge is 2.15. The number of carbonyl (C=O) groups excluding carboxylic acids is 2. The van der Waals surface area contributed by atoms with Crippen molar-refractivity contribution in [3.8, 4) is 0 Å². The number of carbonyl (C=O) groups is 3. The van der Waals surface area contributed by atoms with Crippen LogP contribution < -0.4 is 16.0 Å². The van der Waals surface area contributed by atoms with E-state index < -0.39 is 5.97 Å². The summed E-state index contributed by atoms with van der Waals surface area (Å²) in [6.45, 7) is 2.21. The van der Waals surface area contributed by atoms with Gasteiger partial charge in [-0.3, -0.25) is 14.4 Å². The maximum Gasteiger partial charge on any atom is 0.305 e. The molecule has 0 rings (SSSR count). The van der Waals surface area contributed by atoms with Crippen LogP contribution in [-0.2, 0) is 14.4 Å². The number of carboxylic acids is 1. The maximum atomic E-state index is 11.7. The summed E-state index contributed by atoms with van der Waals surface area (Å²) in [4.78, 5) is 32.7. The van der Waals surface area contributed by atoms with E-state index in [1.165, 1.54) is 6.92 Å². The van der Waals surface area contributed by atoms with Crippen LogP contribution in [0.4, 0.5) is 0 Å². The molecule has 7 nitrogen and oxygen atoms in total. The van der Waals surface area contributed by atoms with Gasteiger partial charge in [-0.2, -0.15) is 0 Å². The zero-order chi connectivity index (χ0) is 14.7. The van der Waals surface area contributed by atoms with E-state index in [2.05, 4.69) is 16.0 Å². The van der Waals surface area contributed by atoms with E-state index in [1.54, 1.807) is 7.05 Å². The van der Waals surface area contributed by atoms with Crippen molar-refractivity contribution in [2.45, 2.75) is 38.6 Å². The minimum atomic E-state index is -0.934. The van der Waals surface area contributed by atoms with Crippen molar-refractivity contribution in [2.24, 2.45) is 0 Å². The Labute approximate surface area is 113 Å². The van der Waals surface area contributed by atoms with Crippen molar-refractivity contribution in [1.29, 1.82) is 0 Å². The zero-order valence-electron chi connectivity index (χ0n) is 11.5. The molecule has 0 aliphatic heterocycles. The summed E-state index contributed by atoms with van der Waals surface area (Å²) in [5, 5.41) is 16.6. The standard InChI is InChI=1S/C12H23N3O4/c1-9(16)14-7-4-3-5-10(13-2)12(19)15-8-6-11(17)18/h10,13H,3-8H2,1-2H3,(H,14,16)(H,15,19)(H,17,18). The summed E-state index contributed by atoms with van der Waals surface area (Å²) in [5.74, 6) is -1.18. The molecule has 0 aromatic heterocycles. The van der Waals surface area contributed by atoms with E-state index in [-0.39, 0.29) is 30.8 Å². The predicted octanol–water partition coefficient (Wildman–Crippen LogP) is -0.528. The quantitative estimate of drug-likeness (QED) is 0.400. The van der Waals surface area contributed by atoms with Gasteiger partial charge in [0.2, 0.25) is 11.8 Å². The number of amides is 2. The van der Waals surface area contributed by atoms with E-state index in [9.17, 15) is 14.4 Å². The number of unbranched alkanes of at least 4 members (excludes halogenated alkanes) is 1. The van der Waals surface area contributed by atoms with Crippen LogP contribution in [0.15, 0.2) is 0 Å². The molecule has 0 spiro atoms. The Hall–Kier alpha value is -1.63. The first-order chi connectivity index (χ1) is 8.97. The van der Waals surface area contributed by atoms with E-state index in [4.69, 9.17) is 5.11 Å². The molecule has 0 aliphatic carbocycles. The zero-order valence-corrected chi connectivity index (χ0v) is 11.5. The predicted molar refractivity (Wildman–Crippen MR) is 70.6 cm³/mol. The lowest BCUT2D eigenvalue weighted by Crippen LogP contribution is -2.43. The first-order valence-corrected chi connectivity index (χ1v) is 6.38. The summed E-state index contributed by atoms with van der Waals surface area (Å²) < 4.78 is 0. The van der Waals surface area contributed by atoms with Crippen molar-refractivity contribution in [1.82, 2.24) is 16.0 Å². The Balaban J connectivity index is 3.76. The molecule has 0 aliphatic rings. The Morgan fingerprint density at radius 3 is 2.32 bits per heavy atom. The summed E-state index contributed by atoms with van der Waals surface area (Å²) >= 11 is 0. The van der Waals surface area contributed by atoms with Crippen LogP contribution >= 0.6 is 0 Å². The molecule has 4 N–H and O–H groups in total. The van der Waals surface area contributed by atoms with E-state index in [0.717, 1.165) is 12.8 Å². The molecule has 0 radical (unpaired) electrons. The molecular weight excluding hydrogens is 250 g/mol. The van der Waals surface area contributed by atoms with Gasteiger partial charge in [0.05, 0.1) is 12.5 Å². The summed E-state index contributed by atoms with van der Waals surface area (Å²) in [5.41, 5.74) is 0. The Bertz CT molecular complexity index is 307. The van der Waals surface area contributed by atoms with Gasteiger partial charge in [-0.05, 0) is 26.3 Å². The van der Waals surface area contributed by atoms with Gasteiger partial charge in [0.25, 0.3) is 0 Å². The number of aliphatic carboxylic acids is 1. The lowest BCUT2D eigenvalue weighted by molar-refractivity contribution is -0.137. The maximum absolute atomic E-state index is 11.7. The summed E-state index contributed by atoms with van der Waals surface area (Å²) in [6.07, 6.45) is 2.18. The molecule has 110 valence electrons. The Morgan fingerprint density at radius 2 is 1.79 bits per heavy atom. The number of hydrogen-bond acceptors (Lipinski definition) is 4. The highest BCUT2D eigenvalue weighted by atomic mass is 16.4. The fourth-order valence-electron chi connectivity index (χ4n) is 1.56. The molecular formula is C12H23N3O4. The molecule has 0 aromatic rings. The highest BCUT2D eigenvalue weighted by molar-refractivity contribution is 5.82. The molecule has 2 amide bonds. The first-order valence-electron chi connectivity index (χ1n) is 6.38. The second-order valence-electron chi connectivity index (χ2n) is 4.25. The normalized spacial score (nSPS) is 11.7. The molecule has 7 heteroatoms. The second kappa shape index (κ2) is 10.3. The van der Waals surface area contributed by atoms with Gasteiger partial charge in [-0.25, -0.2) is 0 Å². The second-order valence-corrected chi connectivity index (χ2v) is 4.25. The number of nitrogens with one attached hydrogen (secondary N) is 3. The first kappa shape index (κ1) is 17.4. The molecule has 1 unspecified atom stereocenters. The SMILES string of the molecule is CNC(CCCCNC(C)=O)C(=O)NCCC(=O)O. The van der Waals surface area contributed by atoms with Gasteiger partial charge in [-0.15, -0.1) is 0 Å². The smallest absolute Gasteiger partial charge is 0.305 e. The van der Waals surface area contributed by atoms with Crippen LogP contribution in [0.5, 0.6) is 0 Å². The van der Waals surface area contributed by atoms with Crippen molar-refractivity contribution in [2.75, 3.05) is 20.1 Å². The fraction of sp³-hybridized carbons (Fsp3) is 0.750. The van der Waals surface area contributed by atoms with E-state index in [1.807, 2.05) is 0 Å². The van der Waals surface area contributed by atoms with Crippen LogP contribution in [0, 0.1) is 0 Å². The largest absolute Gasteiger partial charge is 0.481 e. The molecule has 0 aromatic carbocycles. The Kier molecular flexibility index (Phi) is 9.42. The van der Waals surface area contributed by atoms with Crippen LogP contribution in [0.1, 0.15) is 32.6 Å². The molecule has 0 heterocycles. The number of likely N-dealkylation sites (N-methyl/N-ethyl adjacent to an activating group) is 1. The van der Waals surface area contributed by atoms with Crippen LogP contribution in [0.25, 0.3) is 0 Å². The van der Waals surface area contributed by atoms with Gasteiger partial charge >= 0.3 is 5.97 Å². The monoisotopic (exact) mass is 273 g/mol. The topological polar surface area (TPSA) is 108 Å². The number of carboxylic acid groups (broad SMARTS) is 1. The van der Waals surface area contributed by atoms with E-state index >= 15 is 0 Å². The average Bonchev–Trinajstić information content (AvgIpc) is 2.32. The third-order valence-electron chi connectivity index (χ3n) is 2.60. The molecule has 1 atom stereocenters. The number of rotatable bonds is 10. The lowest BCUT2D eigenvalue weighted by Gasteiger charge is -2.15. The number of hydrogen-bond donors (Lipinski definition) is 4. The van der Waals surface area contributed by atoms with Crippen LogP contribution in [0.3, 0.4) is 0 Å². The minimum absolute atomic E-state index is 0.0587. The molecule has 0 bridgehead atoms. The van der Waals surface area contributed by atoms with Crippen LogP contribution in [0.2, 0.25) is 0 Å². The van der Waals surface area contributed by atoms with Gasteiger partial charge < -0.3 is 21.1 Å². The summed E-state index contributed by atoms with van der Waals surface area (Å²) in [7, 11) is 1.69. The Morgan fingerprint density at radius 1 is 1.11 bits per heavy atom. The lowest BCUT2D eigenvalue weighted by atomic mass is 10.1. The van der Waals surface area contributed by atoms with Gasteiger partial charge in [0, 0.05) is 20.0 Å². The average molecular weight is 273 g/mol. The minimum Gasteiger partial charge on any atom is -0.481 e. The molecule has 0 fully saturated rings. The third kappa shape index (κ3) is 10.0. The van der Waals surface area contributed by atoms with Crippen molar-refractivity contribution in [3.63, 3.8) is 0 Å². The summed E-state index contributed by atoms with van der Waals surface area (Å²) in [6, 6.07) is -0.328. The van der Waals surface area contributed by atoms with Gasteiger partial charge in [0.15, 0.2) is 0 Å². The third-order valence-corrected chi connectivity index (χ3v) is 2.60. The van der Waals surface area contributed by atoms with Crippen molar-refractivity contribution in [3.05, 3.63) is 0 Å². The fourth-order valence-corrected chi connectivity index (χ4v) is 1.56. The molecule has 0 saturated carbocycles. The molecule has 19 heavy (non-hydrogen) atoms. The molecule has 0 saturated heterocycles. The van der Waals surface area contributed by atoms with Gasteiger partial charge in [0.1, 0.15) is 0 Å². The van der Waals surface area contributed by atoms with Gasteiger partial charge in [-0.1, -0.05) is 0 Å². The van der Waals surface area contributed by atoms with E-state index in [0.29, 0.717) is 13.0 Å².